The molecule has 0 aromatic carbocycles. The van der Waals surface area contributed by atoms with Gasteiger partial charge in [-0.15, -0.1) is 11.3 Å². The Kier molecular flexibility index (Phi) is 7.06. The maximum absolute atomic E-state index is 12.4. The second kappa shape index (κ2) is 9.71. The van der Waals surface area contributed by atoms with Gasteiger partial charge in [-0.1, -0.05) is 17.7 Å². The standard InChI is InChI=1S/C19H24ClN5OS/c1-21-19(22-8-4-14-2-3-17(20)24-12-14)23-9-5-18(26)25-10-6-16-15(13-25)7-11-27-16/h2-3,7,11-12H,4-6,8-10,13H2,1H3,(H2,21,22,23). The fourth-order valence-corrected chi connectivity index (χ4v) is 4.01. The number of hydrogen-bond acceptors (Lipinski definition) is 4. The monoisotopic (exact) mass is 405 g/mol. The molecule has 3 rings (SSSR count). The first-order valence-electron chi connectivity index (χ1n) is 9.03. The van der Waals surface area contributed by atoms with Gasteiger partial charge in [0.25, 0.3) is 0 Å². The third-order valence-electron chi connectivity index (χ3n) is 4.51. The minimum absolute atomic E-state index is 0.182. The van der Waals surface area contributed by atoms with Crippen LogP contribution in [0, 0.1) is 0 Å². The summed E-state index contributed by atoms with van der Waals surface area (Å²) in [6, 6.07) is 5.87. The van der Waals surface area contributed by atoms with E-state index in [9.17, 15) is 4.79 Å². The second-order valence-corrected chi connectivity index (χ2v) is 7.74. The predicted octanol–water partition coefficient (Wildman–Crippen LogP) is 2.48. The summed E-state index contributed by atoms with van der Waals surface area (Å²) in [6.07, 6.45) is 4.02. The van der Waals surface area contributed by atoms with Crippen molar-refractivity contribution in [1.29, 1.82) is 0 Å². The molecule has 6 nitrogen and oxygen atoms in total. The van der Waals surface area contributed by atoms with E-state index in [0.29, 0.717) is 24.1 Å². The zero-order valence-corrected chi connectivity index (χ0v) is 16.9. The van der Waals surface area contributed by atoms with Gasteiger partial charge < -0.3 is 15.5 Å². The Hall–Kier alpha value is -2.12. The molecule has 2 aromatic heterocycles. The lowest BCUT2D eigenvalue weighted by atomic mass is 10.1. The molecular formula is C19H24ClN5OS. The fraction of sp³-hybridized carbons (Fsp3) is 0.421. The maximum atomic E-state index is 12.4. The van der Waals surface area contributed by atoms with Crippen LogP contribution in [0.4, 0.5) is 0 Å². The molecule has 1 aliphatic rings. The van der Waals surface area contributed by atoms with E-state index in [1.807, 2.05) is 11.0 Å². The van der Waals surface area contributed by atoms with Crippen molar-refractivity contribution in [2.24, 2.45) is 4.99 Å². The molecule has 0 atom stereocenters. The molecular weight excluding hydrogens is 382 g/mol. The van der Waals surface area contributed by atoms with Gasteiger partial charge in [0, 0.05) is 50.7 Å². The van der Waals surface area contributed by atoms with E-state index in [4.69, 9.17) is 11.6 Å². The molecule has 8 heteroatoms. The van der Waals surface area contributed by atoms with Crippen molar-refractivity contribution in [3.8, 4) is 0 Å². The number of carbonyl (C=O) groups excluding carboxylic acids is 1. The number of carbonyl (C=O) groups is 1. The van der Waals surface area contributed by atoms with Crippen molar-refractivity contribution in [3.05, 3.63) is 50.9 Å². The van der Waals surface area contributed by atoms with Crippen LogP contribution in [-0.2, 0) is 24.2 Å². The smallest absolute Gasteiger partial charge is 0.224 e. The Labute approximate surface area is 168 Å². The SMILES string of the molecule is CN=C(NCCC(=O)N1CCc2sccc2C1)NCCc1ccc(Cl)nc1. The molecule has 0 saturated carbocycles. The molecule has 2 aromatic rings. The highest BCUT2D eigenvalue weighted by atomic mass is 35.5. The number of aromatic nitrogens is 1. The first kappa shape index (κ1) is 19.6. The predicted molar refractivity (Wildman–Crippen MR) is 110 cm³/mol. The molecule has 0 fully saturated rings. The van der Waals surface area contributed by atoms with Gasteiger partial charge in [0.15, 0.2) is 5.96 Å². The van der Waals surface area contributed by atoms with Crippen LogP contribution in [0.15, 0.2) is 34.8 Å². The number of guanidine groups is 1. The summed E-state index contributed by atoms with van der Waals surface area (Å²) < 4.78 is 0. The molecule has 0 bridgehead atoms. The van der Waals surface area contributed by atoms with E-state index in [2.05, 4.69) is 32.1 Å². The molecule has 3 heterocycles. The summed E-state index contributed by atoms with van der Waals surface area (Å²) in [5.41, 5.74) is 2.40. The van der Waals surface area contributed by atoms with Gasteiger partial charge in [0.1, 0.15) is 5.15 Å². The van der Waals surface area contributed by atoms with Crippen molar-refractivity contribution in [2.75, 3.05) is 26.7 Å². The molecule has 2 N–H and O–H groups in total. The van der Waals surface area contributed by atoms with Crippen molar-refractivity contribution >= 4 is 34.8 Å². The van der Waals surface area contributed by atoms with Gasteiger partial charge in [0.2, 0.25) is 5.91 Å². The summed E-state index contributed by atoms with van der Waals surface area (Å²) >= 11 is 7.58. The number of nitrogens with zero attached hydrogens (tertiary/aromatic N) is 3. The van der Waals surface area contributed by atoms with Gasteiger partial charge in [-0.25, -0.2) is 4.98 Å². The Balaban J connectivity index is 1.36. The van der Waals surface area contributed by atoms with E-state index in [1.165, 1.54) is 10.4 Å². The number of hydrogen-bond donors (Lipinski definition) is 2. The first-order valence-corrected chi connectivity index (χ1v) is 10.3. The quantitative estimate of drug-likeness (QED) is 0.440. The molecule has 0 saturated heterocycles. The topological polar surface area (TPSA) is 69.6 Å². The molecule has 0 aliphatic carbocycles. The highest BCUT2D eigenvalue weighted by Crippen LogP contribution is 2.24. The van der Waals surface area contributed by atoms with Crippen LogP contribution >= 0.6 is 22.9 Å². The van der Waals surface area contributed by atoms with E-state index >= 15 is 0 Å². The van der Waals surface area contributed by atoms with Crippen molar-refractivity contribution in [3.63, 3.8) is 0 Å². The molecule has 27 heavy (non-hydrogen) atoms. The molecule has 0 spiro atoms. The zero-order chi connectivity index (χ0) is 19.1. The largest absolute Gasteiger partial charge is 0.356 e. The number of nitrogens with one attached hydrogen (secondary N) is 2. The summed E-state index contributed by atoms with van der Waals surface area (Å²) in [5.74, 6) is 0.880. The number of rotatable bonds is 6. The van der Waals surface area contributed by atoms with Crippen molar-refractivity contribution < 1.29 is 4.79 Å². The summed E-state index contributed by atoms with van der Waals surface area (Å²) in [6.45, 7) is 2.84. The third kappa shape index (κ3) is 5.68. The lowest BCUT2D eigenvalue weighted by Gasteiger charge is -2.27. The Bertz CT molecular complexity index is 790. The number of aliphatic imine (C=N–C) groups is 1. The molecule has 0 radical (unpaired) electrons. The van der Waals surface area contributed by atoms with E-state index in [-0.39, 0.29) is 5.91 Å². The minimum Gasteiger partial charge on any atom is -0.356 e. The normalized spacial score (nSPS) is 14.0. The Morgan fingerprint density at radius 2 is 2.19 bits per heavy atom. The van der Waals surface area contributed by atoms with Crippen LogP contribution in [0.1, 0.15) is 22.4 Å². The third-order valence-corrected chi connectivity index (χ3v) is 5.76. The highest BCUT2D eigenvalue weighted by Gasteiger charge is 2.20. The van der Waals surface area contributed by atoms with Gasteiger partial charge in [-0.2, -0.15) is 0 Å². The van der Waals surface area contributed by atoms with Gasteiger partial charge in [0.05, 0.1) is 0 Å². The number of fused-ring (bicyclic) bond motifs is 1. The molecule has 1 amide bonds. The Morgan fingerprint density at radius 3 is 2.96 bits per heavy atom. The van der Waals surface area contributed by atoms with Crippen molar-refractivity contribution in [2.45, 2.75) is 25.8 Å². The molecule has 144 valence electrons. The van der Waals surface area contributed by atoms with Crippen LogP contribution in [-0.4, -0.2) is 48.4 Å². The summed E-state index contributed by atoms with van der Waals surface area (Å²) in [7, 11) is 1.73. The number of thiophene rings is 1. The van der Waals surface area contributed by atoms with E-state index in [0.717, 1.165) is 38.0 Å². The molecule has 0 unspecified atom stereocenters. The van der Waals surface area contributed by atoms with Gasteiger partial charge >= 0.3 is 0 Å². The Morgan fingerprint density at radius 1 is 1.33 bits per heavy atom. The molecule has 1 aliphatic heterocycles. The zero-order valence-electron chi connectivity index (χ0n) is 15.4. The van der Waals surface area contributed by atoms with Crippen LogP contribution in [0.5, 0.6) is 0 Å². The minimum atomic E-state index is 0.182. The average Bonchev–Trinajstić information content (AvgIpc) is 3.16. The van der Waals surface area contributed by atoms with Crippen LogP contribution in [0.25, 0.3) is 0 Å². The highest BCUT2D eigenvalue weighted by molar-refractivity contribution is 7.10. The van der Waals surface area contributed by atoms with E-state index in [1.54, 1.807) is 30.6 Å². The number of pyridine rings is 1. The maximum Gasteiger partial charge on any atom is 0.224 e. The van der Waals surface area contributed by atoms with Crippen molar-refractivity contribution in [1.82, 2.24) is 20.5 Å². The van der Waals surface area contributed by atoms with Crippen LogP contribution in [0.3, 0.4) is 0 Å². The lowest BCUT2D eigenvalue weighted by molar-refractivity contribution is -0.131. The fourth-order valence-electron chi connectivity index (χ4n) is 3.01. The number of amides is 1. The van der Waals surface area contributed by atoms with E-state index < -0.39 is 0 Å². The summed E-state index contributed by atoms with van der Waals surface area (Å²) in [5, 5.41) is 9.06. The summed E-state index contributed by atoms with van der Waals surface area (Å²) in [4.78, 5) is 24.1. The van der Waals surface area contributed by atoms with Crippen LogP contribution in [0.2, 0.25) is 5.15 Å². The van der Waals surface area contributed by atoms with Gasteiger partial charge in [-0.3, -0.25) is 9.79 Å². The number of halogens is 1. The lowest BCUT2D eigenvalue weighted by Crippen LogP contribution is -2.41. The second-order valence-electron chi connectivity index (χ2n) is 6.35. The van der Waals surface area contributed by atoms with Gasteiger partial charge in [-0.05, 0) is 41.5 Å². The van der Waals surface area contributed by atoms with Crippen LogP contribution < -0.4 is 10.6 Å². The average molecular weight is 406 g/mol. The first-order chi connectivity index (χ1) is 13.2.